The first-order valence-electron chi connectivity index (χ1n) is 9.76. The smallest absolute Gasteiger partial charge is 0.195 e. The molecule has 0 N–H and O–H groups in total. The van der Waals surface area contributed by atoms with Crippen molar-refractivity contribution in [2.24, 2.45) is 5.92 Å². The summed E-state index contributed by atoms with van der Waals surface area (Å²) in [5.74, 6) is 0.935. The summed E-state index contributed by atoms with van der Waals surface area (Å²) in [5.41, 5.74) is 3.36. The van der Waals surface area contributed by atoms with E-state index in [9.17, 15) is 4.79 Å². The molecule has 0 aliphatic rings. The van der Waals surface area contributed by atoms with E-state index < -0.39 is 6.10 Å². The van der Waals surface area contributed by atoms with Gasteiger partial charge in [-0.25, -0.2) is 0 Å². The predicted octanol–water partition coefficient (Wildman–Crippen LogP) is 5.63. The van der Waals surface area contributed by atoms with Gasteiger partial charge < -0.3 is 9.47 Å². The minimum absolute atomic E-state index is 0.0839. The molecule has 2 unspecified atom stereocenters. The Morgan fingerprint density at radius 3 is 2.18 bits per heavy atom. The van der Waals surface area contributed by atoms with E-state index >= 15 is 0 Å². The van der Waals surface area contributed by atoms with Crippen molar-refractivity contribution in [2.75, 3.05) is 13.7 Å². The van der Waals surface area contributed by atoms with Crippen LogP contribution in [0.15, 0.2) is 61.2 Å². The molecule has 2 aromatic carbocycles. The largest absolute Gasteiger partial charge is 0.497 e. The van der Waals surface area contributed by atoms with Gasteiger partial charge in [-0.3, -0.25) is 4.79 Å². The summed E-state index contributed by atoms with van der Waals surface area (Å²) < 4.78 is 11.0. The van der Waals surface area contributed by atoms with Gasteiger partial charge in [0.15, 0.2) is 5.78 Å². The average molecular weight is 381 g/mol. The van der Waals surface area contributed by atoms with Crippen molar-refractivity contribution < 1.29 is 14.3 Å². The first-order valence-corrected chi connectivity index (χ1v) is 9.76. The second kappa shape index (κ2) is 9.70. The molecule has 0 amide bonds. The minimum Gasteiger partial charge on any atom is -0.497 e. The number of ketones is 1. The van der Waals surface area contributed by atoms with E-state index in [4.69, 9.17) is 9.47 Å². The summed E-state index contributed by atoms with van der Waals surface area (Å²) in [7, 11) is 1.60. The predicted molar refractivity (Wildman–Crippen MR) is 115 cm³/mol. The molecule has 0 spiro atoms. The van der Waals surface area contributed by atoms with Crippen LogP contribution in [0.3, 0.4) is 0 Å². The molecule has 0 saturated carbocycles. The van der Waals surface area contributed by atoms with Crippen LogP contribution < -0.4 is 4.74 Å². The van der Waals surface area contributed by atoms with Crippen molar-refractivity contribution >= 4 is 5.78 Å². The fourth-order valence-electron chi connectivity index (χ4n) is 3.04. The van der Waals surface area contributed by atoms with Gasteiger partial charge in [0.1, 0.15) is 11.9 Å². The molecule has 0 aliphatic carbocycles. The Hall–Kier alpha value is -2.39. The molecule has 0 bridgehead atoms. The fourth-order valence-corrected chi connectivity index (χ4v) is 3.04. The second-order valence-corrected chi connectivity index (χ2v) is 8.34. The molecule has 2 aromatic rings. The Labute approximate surface area is 169 Å². The first-order chi connectivity index (χ1) is 13.2. The summed E-state index contributed by atoms with van der Waals surface area (Å²) in [6.45, 7) is 13.0. The van der Waals surface area contributed by atoms with E-state index in [1.807, 2.05) is 0 Å². The van der Waals surface area contributed by atoms with Gasteiger partial charge in [-0.1, -0.05) is 58.0 Å². The van der Waals surface area contributed by atoms with Gasteiger partial charge in [0, 0.05) is 5.56 Å². The number of methoxy groups -OCH3 is 1. The van der Waals surface area contributed by atoms with E-state index in [-0.39, 0.29) is 11.2 Å². The van der Waals surface area contributed by atoms with Gasteiger partial charge in [-0.05, 0) is 53.1 Å². The first kappa shape index (κ1) is 21.9. The van der Waals surface area contributed by atoms with Gasteiger partial charge in [0.05, 0.1) is 13.7 Å². The van der Waals surface area contributed by atoms with Crippen LogP contribution in [0.1, 0.15) is 49.2 Å². The highest BCUT2D eigenvalue weighted by Crippen LogP contribution is 2.23. The average Bonchev–Trinajstić information content (AvgIpc) is 2.68. The third-order valence-electron chi connectivity index (χ3n) is 4.81. The summed E-state index contributed by atoms with van der Waals surface area (Å²) in [6, 6.07) is 15.8. The van der Waals surface area contributed by atoms with E-state index in [0.717, 1.165) is 12.2 Å². The lowest BCUT2D eigenvalue weighted by Crippen LogP contribution is -2.25. The maximum atomic E-state index is 12.6. The van der Waals surface area contributed by atoms with Crippen molar-refractivity contribution in [3.8, 4) is 5.75 Å². The van der Waals surface area contributed by atoms with Gasteiger partial charge in [-0.2, -0.15) is 0 Å². The molecule has 0 aromatic heterocycles. The van der Waals surface area contributed by atoms with Crippen LogP contribution in [0, 0.1) is 5.92 Å². The zero-order valence-corrected chi connectivity index (χ0v) is 17.7. The summed E-state index contributed by atoms with van der Waals surface area (Å²) in [5, 5.41) is 0. The van der Waals surface area contributed by atoms with Crippen LogP contribution >= 0.6 is 0 Å². The topological polar surface area (TPSA) is 35.5 Å². The Morgan fingerprint density at radius 2 is 1.68 bits per heavy atom. The fraction of sp³-hybridized carbons (Fsp3) is 0.400. The highest BCUT2D eigenvalue weighted by Gasteiger charge is 2.19. The molecule has 0 saturated heterocycles. The molecule has 3 heteroatoms. The van der Waals surface area contributed by atoms with Crippen LogP contribution in [-0.4, -0.2) is 25.6 Å². The van der Waals surface area contributed by atoms with Gasteiger partial charge in [0.25, 0.3) is 0 Å². The molecule has 28 heavy (non-hydrogen) atoms. The lowest BCUT2D eigenvalue weighted by molar-refractivity contribution is 0.0467. The Bertz CT molecular complexity index is 767. The van der Waals surface area contributed by atoms with Crippen molar-refractivity contribution in [1.29, 1.82) is 0 Å². The molecule has 0 heterocycles. The maximum absolute atomic E-state index is 12.6. The number of benzene rings is 2. The minimum atomic E-state index is -0.640. The summed E-state index contributed by atoms with van der Waals surface area (Å²) in [6.07, 6.45) is 1.83. The van der Waals surface area contributed by atoms with Crippen molar-refractivity contribution in [3.63, 3.8) is 0 Å². The molecule has 3 nitrogen and oxygen atoms in total. The third-order valence-corrected chi connectivity index (χ3v) is 4.81. The van der Waals surface area contributed by atoms with Gasteiger partial charge in [0.2, 0.25) is 0 Å². The molecule has 0 fully saturated rings. The maximum Gasteiger partial charge on any atom is 0.195 e. The highest BCUT2D eigenvalue weighted by molar-refractivity contribution is 6.00. The molecule has 2 rings (SSSR count). The van der Waals surface area contributed by atoms with Crippen molar-refractivity contribution in [3.05, 3.63) is 77.9 Å². The lowest BCUT2D eigenvalue weighted by atomic mass is 9.86. The van der Waals surface area contributed by atoms with E-state index in [0.29, 0.717) is 18.1 Å². The molecular formula is C25H32O3. The SMILES string of the molecule is C=CC(OCC(C)Cc1ccc(C(C)(C)C)cc1)C(=O)c1ccc(OC)cc1. The van der Waals surface area contributed by atoms with Crippen LogP contribution in [0.25, 0.3) is 0 Å². The van der Waals surface area contributed by atoms with Gasteiger partial charge >= 0.3 is 0 Å². The highest BCUT2D eigenvalue weighted by atomic mass is 16.5. The second-order valence-electron chi connectivity index (χ2n) is 8.34. The number of carbonyl (C=O) groups is 1. The van der Waals surface area contributed by atoms with Crippen LogP contribution in [0.5, 0.6) is 5.75 Å². The summed E-state index contributed by atoms with van der Waals surface area (Å²) >= 11 is 0. The van der Waals surface area contributed by atoms with E-state index in [1.165, 1.54) is 11.1 Å². The zero-order chi connectivity index (χ0) is 20.7. The number of carbonyl (C=O) groups excluding carboxylic acids is 1. The van der Waals surface area contributed by atoms with Crippen LogP contribution in [0.4, 0.5) is 0 Å². The van der Waals surface area contributed by atoms with Crippen LogP contribution in [0.2, 0.25) is 0 Å². The molecule has 0 radical (unpaired) electrons. The van der Waals surface area contributed by atoms with Crippen molar-refractivity contribution in [1.82, 2.24) is 0 Å². The lowest BCUT2D eigenvalue weighted by Gasteiger charge is -2.20. The third kappa shape index (κ3) is 6.07. The number of rotatable bonds is 9. The normalized spacial score (nSPS) is 13.6. The Morgan fingerprint density at radius 1 is 1.07 bits per heavy atom. The Kier molecular flexibility index (Phi) is 7.59. The van der Waals surface area contributed by atoms with E-state index in [2.05, 4.69) is 58.5 Å². The summed E-state index contributed by atoms with van der Waals surface area (Å²) in [4.78, 5) is 12.6. The number of hydrogen-bond donors (Lipinski definition) is 0. The number of ether oxygens (including phenoxy) is 2. The van der Waals surface area contributed by atoms with E-state index in [1.54, 1.807) is 37.5 Å². The number of hydrogen-bond acceptors (Lipinski definition) is 3. The van der Waals surface area contributed by atoms with Crippen LogP contribution in [-0.2, 0) is 16.6 Å². The van der Waals surface area contributed by atoms with Crippen molar-refractivity contribution in [2.45, 2.75) is 45.6 Å². The van der Waals surface area contributed by atoms with Gasteiger partial charge in [-0.15, -0.1) is 6.58 Å². The standard InChI is InChI=1S/C25H32O3/c1-7-23(24(26)20-10-14-22(27-6)15-11-20)28-17-18(2)16-19-8-12-21(13-9-19)25(3,4)5/h7-15,18,23H,1,16-17H2,2-6H3. The molecular weight excluding hydrogens is 348 g/mol. The monoisotopic (exact) mass is 380 g/mol. The Balaban J connectivity index is 1.91. The number of Topliss-reactive ketones (excluding diaryl/α,β-unsaturated/α-hetero) is 1. The molecule has 2 atom stereocenters. The zero-order valence-electron chi connectivity index (χ0n) is 17.7. The molecule has 150 valence electrons. The quantitative estimate of drug-likeness (QED) is 0.418. The molecule has 0 aliphatic heterocycles.